The number of aliphatic hydroxyl groups is 1. The SMILES string of the molecule is CCc1cccc(C)c1NC(=O)/C(C#N)=C\NCC(C)O. The van der Waals surface area contributed by atoms with Crippen molar-refractivity contribution in [1.82, 2.24) is 5.32 Å². The van der Waals surface area contributed by atoms with Gasteiger partial charge in [0, 0.05) is 18.4 Å². The van der Waals surface area contributed by atoms with Crippen LogP contribution in [0.15, 0.2) is 30.0 Å². The number of nitrogens with zero attached hydrogens (tertiary/aromatic N) is 1. The molecule has 0 aliphatic heterocycles. The van der Waals surface area contributed by atoms with Crippen LogP contribution in [0.5, 0.6) is 0 Å². The van der Waals surface area contributed by atoms with E-state index in [9.17, 15) is 4.79 Å². The Morgan fingerprint density at radius 1 is 1.52 bits per heavy atom. The maximum atomic E-state index is 12.1. The van der Waals surface area contributed by atoms with E-state index in [1.807, 2.05) is 38.1 Å². The number of rotatable bonds is 6. The largest absolute Gasteiger partial charge is 0.392 e. The lowest BCUT2D eigenvalue weighted by atomic mass is 10.1. The van der Waals surface area contributed by atoms with Crippen molar-refractivity contribution in [1.29, 1.82) is 5.26 Å². The first-order valence-electron chi connectivity index (χ1n) is 6.91. The van der Waals surface area contributed by atoms with Gasteiger partial charge in [0.15, 0.2) is 0 Å². The van der Waals surface area contributed by atoms with Gasteiger partial charge in [0.2, 0.25) is 0 Å². The molecule has 0 saturated heterocycles. The summed E-state index contributed by atoms with van der Waals surface area (Å²) in [5, 5.41) is 23.7. The molecule has 1 unspecified atom stereocenters. The lowest BCUT2D eigenvalue weighted by Gasteiger charge is -2.12. The van der Waals surface area contributed by atoms with E-state index in [1.165, 1.54) is 6.20 Å². The predicted molar refractivity (Wildman–Crippen MR) is 82.6 cm³/mol. The first kappa shape index (κ1) is 16.7. The van der Waals surface area contributed by atoms with Crippen LogP contribution in [0.1, 0.15) is 25.0 Å². The van der Waals surface area contributed by atoms with Gasteiger partial charge in [-0.05, 0) is 31.4 Å². The number of carbonyl (C=O) groups is 1. The normalized spacial score (nSPS) is 12.4. The maximum absolute atomic E-state index is 12.1. The summed E-state index contributed by atoms with van der Waals surface area (Å²) in [6.45, 7) is 5.82. The van der Waals surface area contributed by atoms with Crippen LogP contribution in [0, 0.1) is 18.3 Å². The fraction of sp³-hybridized carbons (Fsp3) is 0.375. The van der Waals surface area contributed by atoms with Gasteiger partial charge in [-0.3, -0.25) is 4.79 Å². The van der Waals surface area contributed by atoms with E-state index >= 15 is 0 Å². The van der Waals surface area contributed by atoms with E-state index < -0.39 is 12.0 Å². The monoisotopic (exact) mass is 287 g/mol. The van der Waals surface area contributed by atoms with Crippen LogP contribution in [0.25, 0.3) is 0 Å². The summed E-state index contributed by atoms with van der Waals surface area (Å²) in [4.78, 5) is 12.1. The van der Waals surface area contributed by atoms with E-state index in [0.717, 1.165) is 23.2 Å². The minimum atomic E-state index is -0.549. The molecule has 0 fully saturated rings. The highest BCUT2D eigenvalue weighted by Crippen LogP contribution is 2.21. The Kier molecular flexibility index (Phi) is 6.44. The molecule has 0 saturated carbocycles. The van der Waals surface area contributed by atoms with Crippen LogP contribution in [0.4, 0.5) is 5.69 Å². The lowest BCUT2D eigenvalue weighted by molar-refractivity contribution is -0.112. The third kappa shape index (κ3) is 4.93. The molecule has 1 aromatic rings. The molecule has 0 radical (unpaired) electrons. The standard InChI is InChI=1S/C16H21N3O2/c1-4-13-7-5-6-11(2)15(13)19-16(21)14(8-17)10-18-9-12(3)20/h5-7,10,12,18,20H,4,9H2,1-3H3,(H,19,21)/b14-10-. The van der Waals surface area contributed by atoms with Crippen LogP contribution < -0.4 is 10.6 Å². The minimum absolute atomic E-state index is 0.0269. The smallest absolute Gasteiger partial charge is 0.267 e. The molecule has 0 bridgehead atoms. The van der Waals surface area contributed by atoms with Gasteiger partial charge in [0.05, 0.1) is 6.10 Å². The molecular weight excluding hydrogens is 266 g/mol. The zero-order valence-electron chi connectivity index (χ0n) is 12.6. The maximum Gasteiger partial charge on any atom is 0.267 e. The highest BCUT2D eigenvalue weighted by Gasteiger charge is 2.12. The summed E-state index contributed by atoms with van der Waals surface area (Å²) < 4.78 is 0. The number of hydrogen-bond acceptors (Lipinski definition) is 4. The molecule has 112 valence electrons. The van der Waals surface area contributed by atoms with Gasteiger partial charge in [-0.2, -0.15) is 5.26 Å². The van der Waals surface area contributed by atoms with Crippen LogP contribution >= 0.6 is 0 Å². The molecule has 5 heteroatoms. The fourth-order valence-electron chi connectivity index (χ4n) is 1.86. The number of hydrogen-bond donors (Lipinski definition) is 3. The topological polar surface area (TPSA) is 85.2 Å². The van der Waals surface area contributed by atoms with E-state index in [0.29, 0.717) is 0 Å². The number of nitriles is 1. The van der Waals surface area contributed by atoms with Gasteiger partial charge in [-0.25, -0.2) is 0 Å². The fourth-order valence-corrected chi connectivity index (χ4v) is 1.86. The average Bonchev–Trinajstić information content (AvgIpc) is 2.45. The summed E-state index contributed by atoms with van der Waals surface area (Å²) in [6, 6.07) is 7.66. The molecule has 0 aromatic heterocycles. The molecule has 0 aliphatic carbocycles. The molecule has 1 amide bonds. The second-order valence-electron chi connectivity index (χ2n) is 4.84. The van der Waals surface area contributed by atoms with Crippen LogP contribution in [-0.2, 0) is 11.2 Å². The summed E-state index contributed by atoms with van der Waals surface area (Å²) in [7, 11) is 0. The van der Waals surface area contributed by atoms with Gasteiger partial charge in [0.1, 0.15) is 11.6 Å². The van der Waals surface area contributed by atoms with Crippen molar-refractivity contribution < 1.29 is 9.90 Å². The molecule has 5 nitrogen and oxygen atoms in total. The Balaban J connectivity index is 2.87. The summed E-state index contributed by atoms with van der Waals surface area (Å²) in [5.74, 6) is -0.459. The number of aliphatic hydroxyl groups excluding tert-OH is 1. The molecule has 0 aliphatic rings. The number of para-hydroxylation sites is 1. The number of benzene rings is 1. The number of carbonyl (C=O) groups excluding carboxylic acids is 1. The van der Waals surface area contributed by atoms with Crippen LogP contribution in [0.3, 0.4) is 0 Å². The van der Waals surface area contributed by atoms with E-state index in [4.69, 9.17) is 10.4 Å². The molecule has 0 heterocycles. The first-order valence-corrected chi connectivity index (χ1v) is 6.91. The van der Waals surface area contributed by atoms with Gasteiger partial charge >= 0.3 is 0 Å². The van der Waals surface area contributed by atoms with E-state index in [1.54, 1.807) is 6.92 Å². The van der Waals surface area contributed by atoms with Crippen molar-refractivity contribution in [2.45, 2.75) is 33.3 Å². The zero-order chi connectivity index (χ0) is 15.8. The van der Waals surface area contributed by atoms with Gasteiger partial charge in [-0.1, -0.05) is 25.1 Å². The Hall–Kier alpha value is -2.32. The Morgan fingerprint density at radius 3 is 2.81 bits per heavy atom. The molecule has 0 spiro atoms. The summed E-state index contributed by atoms with van der Waals surface area (Å²) in [6.07, 6.45) is 1.57. The first-order chi connectivity index (χ1) is 9.99. The number of aryl methyl sites for hydroxylation is 2. The average molecular weight is 287 g/mol. The van der Waals surface area contributed by atoms with Crippen LogP contribution in [0.2, 0.25) is 0 Å². The zero-order valence-corrected chi connectivity index (χ0v) is 12.6. The van der Waals surface area contributed by atoms with Gasteiger partial charge in [0.25, 0.3) is 5.91 Å². The van der Waals surface area contributed by atoms with Crippen LogP contribution in [-0.4, -0.2) is 23.7 Å². The molecule has 3 N–H and O–H groups in total. The van der Waals surface area contributed by atoms with Crippen molar-refractivity contribution in [2.75, 3.05) is 11.9 Å². The van der Waals surface area contributed by atoms with E-state index in [2.05, 4.69) is 10.6 Å². The molecule has 1 rings (SSSR count). The number of amides is 1. The van der Waals surface area contributed by atoms with Crippen molar-refractivity contribution >= 4 is 11.6 Å². The Bertz CT molecular complexity index is 571. The third-order valence-corrected chi connectivity index (χ3v) is 3.00. The van der Waals surface area contributed by atoms with Crippen molar-refractivity contribution in [3.8, 4) is 6.07 Å². The number of nitrogens with one attached hydrogen (secondary N) is 2. The van der Waals surface area contributed by atoms with Crippen molar-refractivity contribution in [3.63, 3.8) is 0 Å². The molecular formula is C16H21N3O2. The highest BCUT2D eigenvalue weighted by molar-refractivity contribution is 6.07. The third-order valence-electron chi connectivity index (χ3n) is 3.00. The lowest BCUT2D eigenvalue weighted by Crippen LogP contribution is -2.22. The van der Waals surface area contributed by atoms with Crippen molar-refractivity contribution in [2.24, 2.45) is 0 Å². The second kappa shape index (κ2) is 8.08. The number of anilines is 1. The quantitative estimate of drug-likeness (QED) is 0.551. The van der Waals surface area contributed by atoms with Gasteiger partial charge < -0.3 is 15.7 Å². The van der Waals surface area contributed by atoms with E-state index in [-0.39, 0.29) is 12.1 Å². The molecule has 1 aromatic carbocycles. The Morgan fingerprint density at radius 2 is 2.24 bits per heavy atom. The predicted octanol–water partition coefficient (Wildman–Crippen LogP) is 1.87. The van der Waals surface area contributed by atoms with Gasteiger partial charge in [-0.15, -0.1) is 0 Å². The Labute approximate surface area is 125 Å². The summed E-state index contributed by atoms with van der Waals surface area (Å²) >= 11 is 0. The molecule has 21 heavy (non-hydrogen) atoms. The molecule has 1 atom stereocenters. The minimum Gasteiger partial charge on any atom is -0.392 e. The van der Waals surface area contributed by atoms with Crippen molar-refractivity contribution in [3.05, 3.63) is 41.1 Å². The summed E-state index contributed by atoms with van der Waals surface area (Å²) in [5.41, 5.74) is 2.71. The highest BCUT2D eigenvalue weighted by atomic mass is 16.3. The second-order valence-corrected chi connectivity index (χ2v) is 4.84.